The van der Waals surface area contributed by atoms with E-state index in [1.54, 1.807) is 0 Å². The van der Waals surface area contributed by atoms with Crippen LogP contribution in [-0.4, -0.2) is 12.5 Å². The first kappa shape index (κ1) is 15.1. The number of carbonyl (C=O) groups excluding carboxylic acids is 1. The molecule has 0 heterocycles. The number of hydrogen-bond donors (Lipinski definition) is 2. The fourth-order valence-electron chi connectivity index (χ4n) is 2.18. The Morgan fingerprint density at radius 1 is 1.05 bits per heavy atom. The Bertz CT molecular complexity index is 635. The number of amides is 1. The molecule has 0 radical (unpaired) electrons. The van der Waals surface area contributed by atoms with Crippen LogP contribution in [0.5, 0.6) is 0 Å². The van der Waals surface area contributed by atoms with E-state index in [0.29, 0.717) is 5.56 Å². The monoisotopic (exact) mass is 282 g/mol. The normalized spacial score (nSPS) is 10.2. The van der Waals surface area contributed by atoms with E-state index >= 15 is 0 Å². The number of aryl methyl sites for hydroxylation is 2. The lowest BCUT2D eigenvalue weighted by molar-refractivity contribution is 0.102. The van der Waals surface area contributed by atoms with Crippen molar-refractivity contribution < 1.29 is 4.79 Å². The smallest absolute Gasteiger partial charge is 0.257 e. The molecule has 3 nitrogen and oxygen atoms in total. The second kappa shape index (κ2) is 6.93. The Morgan fingerprint density at radius 3 is 2.52 bits per heavy atom. The highest BCUT2D eigenvalue weighted by Gasteiger charge is 2.11. The molecular formula is C18H22N2O. The molecule has 0 aliphatic carbocycles. The molecule has 21 heavy (non-hydrogen) atoms. The summed E-state index contributed by atoms with van der Waals surface area (Å²) in [5.41, 5.74) is 4.65. The van der Waals surface area contributed by atoms with Crippen molar-refractivity contribution in [3.05, 3.63) is 59.2 Å². The van der Waals surface area contributed by atoms with Crippen molar-refractivity contribution >= 4 is 17.3 Å². The quantitative estimate of drug-likeness (QED) is 0.854. The highest BCUT2D eigenvalue weighted by molar-refractivity contribution is 6.08. The van der Waals surface area contributed by atoms with Gasteiger partial charge in [-0.3, -0.25) is 4.79 Å². The molecule has 1 amide bonds. The molecule has 0 aliphatic rings. The molecule has 0 fully saturated rings. The molecule has 0 spiro atoms. The van der Waals surface area contributed by atoms with E-state index < -0.39 is 0 Å². The first-order chi connectivity index (χ1) is 10.1. The molecular weight excluding hydrogens is 260 g/mol. The van der Waals surface area contributed by atoms with Gasteiger partial charge in [0.1, 0.15) is 0 Å². The minimum absolute atomic E-state index is 0.0841. The van der Waals surface area contributed by atoms with Crippen molar-refractivity contribution in [3.8, 4) is 0 Å². The van der Waals surface area contributed by atoms with Gasteiger partial charge in [-0.1, -0.05) is 25.1 Å². The van der Waals surface area contributed by atoms with Crippen LogP contribution in [0.1, 0.15) is 34.8 Å². The summed E-state index contributed by atoms with van der Waals surface area (Å²) in [4.78, 5) is 12.5. The molecule has 2 rings (SSSR count). The van der Waals surface area contributed by atoms with E-state index in [4.69, 9.17) is 0 Å². The van der Waals surface area contributed by atoms with E-state index in [-0.39, 0.29) is 5.91 Å². The topological polar surface area (TPSA) is 41.1 Å². The summed E-state index contributed by atoms with van der Waals surface area (Å²) in [6, 6.07) is 13.7. The van der Waals surface area contributed by atoms with Gasteiger partial charge in [-0.25, -0.2) is 0 Å². The molecule has 2 N–H and O–H groups in total. The zero-order valence-corrected chi connectivity index (χ0v) is 12.9. The number of rotatable bonds is 5. The van der Waals surface area contributed by atoms with Crippen molar-refractivity contribution in [2.24, 2.45) is 0 Å². The number of benzene rings is 2. The Morgan fingerprint density at radius 2 is 1.81 bits per heavy atom. The van der Waals surface area contributed by atoms with Crippen molar-refractivity contribution in [2.45, 2.75) is 27.2 Å². The van der Waals surface area contributed by atoms with Crippen LogP contribution in [-0.2, 0) is 0 Å². The summed E-state index contributed by atoms with van der Waals surface area (Å²) in [7, 11) is 0. The van der Waals surface area contributed by atoms with Gasteiger partial charge in [0.25, 0.3) is 5.91 Å². The van der Waals surface area contributed by atoms with Gasteiger partial charge in [0.15, 0.2) is 0 Å². The molecule has 0 saturated carbocycles. The van der Waals surface area contributed by atoms with E-state index in [1.807, 2.05) is 56.3 Å². The van der Waals surface area contributed by atoms with Crippen molar-refractivity contribution in [1.29, 1.82) is 0 Å². The van der Waals surface area contributed by atoms with Crippen LogP contribution in [0.25, 0.3) is 0 Å². The average molecular weight is 282 g/mol. The van der Waals surface area contributed by atoms with Gasteiger partial charge >= 0.3 is 0 Å². The summed E-state index contributed by atoms with van der Waals surface area (Å²) in [5.74, 6) is -0.0841. The number of nitrogens with one attached hydrogen (secondary N) is 2. The summed E-state index contributed by atoms with van der Waals surface area (Å²) in [5, 5.41) is 6.28. The van der Waals surface area contributed by atoms with E-state index in [1.165, 1.54) is 0 Å². The summed E-state index contributed by atoms with van der Waals surface area (Å²) >= 11 is 0. The second-order valence-electron chi connectivity index (χ2n) is 5.30. The lowest BCUT2D eigenvalue weighted by Gasteiger charge is -2.13. The van der Waals surface area contributed by atoms with E-state index in [9.17, 15) is 4.79 Å². The maximum atomic E-state index is 12.5. The van der Waals surface area contributed by atoms with Gasteiger partial charge in [-0.05, 0) is 55.7 Å². The van der Waals surface area contributed by atoms with Crippen LogP contribution in [0.3, 0.4) is 0 Å². The zero-order chi connectivity index (χ0) is 15.2. The number of hydrogen-bond acceptors (Lipinski definition) is 2. The summed E-state index contributed by atoms with van der Waals surface area (Å²) in [6.45, 7) is 7.00. The molecule has 0 atom stereocenters. The average Bonchev–Trinajstić information content (AvgIpc) is 2.45. The largest absolute Gasteiger partial charge is 0.384 e. The molecule has 2 aromatic rings. The van der Waals surface area contributed by atoms with E-state index in [0.717, 1.165) is 35.5 Å². The highest BCUT2D eigenvalue weighted by atomic mass is 16.1. The van der Waals surface area contributed by atoms with Crippen molar-refractivity contribution in [3.63, 3.8) is 0 Å². The van der Waals surface area contributed by atoms with E-state index in [2.05, 4.69) is 17.6 Å². The van der Waals surface area contributed by atoms with Crippen LogP contribution in [0.15, 0.2) is 42.5 Å². The van der Waals surface area contributed by atoms with Gasteiger partial charge in [0, 0.05) is 17.9 Å². The molecule has 0 aliphatic heterocycles. The lowest BCUT2D eigenvalue weighted by atomic mass is 10.1. The Labute approximate surface area is 126 Å². The molecule has 3 heteroatoms. The second-order valence-corrected chi connectivity index (χ2v) is 5.30. The SMILES string of the molecule is CCCNc1cc(C)ccc1C(=O)Nc1cccc(C)c1. The lowest BCUT2D eigenvalue weighted by Crippen LogP contribution is -2.15. The van der Waals surface area contributed by atoms with Crippen LogP contribution in [0, 0.1) is 13.8 Å². The fourth-order valence-corrected chi connectivity index (χ4v) is 2.18. The number of carbonyl (C=O) groups is 1. The van der Waals surface area contributed by atoms with Gasteiger partial charge in [0.05, 0.1) is 5.56 Å². The van der Waals surface area contributed by atoms with Gasteiger partial charge in [0.2, 0.25) is 0 Å². The van der Waals surface area contributed by atoms with Crippen LogP contribution < -0.4 is 10.6 Å². The van der Waals surface area contributed by atoms with Crippen LogP contribution >= 0.6 is 0 Å². The Kier molecular flexibility index (Phi) is 4.99. The maximum absolute atomic E-state index is 12.5. The predicted octanol–water partition coefficient (Wildman–Crippen LogP) is 4.38. The molecule has 110 valence electrons. The summed E-state index contributed by atoms with van der Waals surface area (Å²) < 4.78 is 0. The zero-order valence-electron chi connectivity index (χ0n) is 12.9. The maximum Gasteiger partial charge on any atom is 0.257 e. The fraction of sp³-hybridized carbons (Fsp3) is 0.278. The third kappa shape index (κ3) is 4.09. The summed E-state index contributed by atoms with van der Waals surface area (Å²) in [6.07, 6.45) is 1.02. The molecule has 0 saturated heterocycles. The van der Waals surface area contributed by atoms with Gasteiger partial charge in [-0.2, -0.15) is 0 Å². The van der Waals surface area contributed by atoms with Crippen molar-refractivity contribution in [2.75, 3.05) is 17.2 Å². The molecule has 2 aromatic carbocycles. The molecule has 0 unspecified atom stereocenters. The van der Waals surface area contributed by atoms with Crippen LogP contribution in [0.4, 0.5) is 11.4 Å². The van der Waals surface area contributed by atoms with Gasteiger partial charge < -0.3 is 10.6 Å². The first-order valence-corrected chi connectivity index (χ1v) is 7.32. The highest BCUT2D eigenvalue weighted by Crippen LogP contribution is 2.20. The minimum atomic E-state index is -0.0841. The standard InChI is InChI=1S/C18H22N2O/c1-4-10-19-17-12-14(3)8-9-16(17)18(21)20-15-7-5-6-13(2)11-15/h5-9,11-12,19H,4,10H2,1-3H3,(H,20,21). The van der Waals surface area contributed by atoms with Crippen molar-refractivity contribution in [1.82, 2.24) is 0 Å². The molecule has 0 bridgehead atoms. The first-order valence-electron chi connectivity index (χ1n) is 7.32. The third-order valence-electron chi connectivity index (χ3n) is 3.26. The Balaban J connectivity index is 2.22. The Hall–Kier alpha value is -2.29. The third-order valence-corrected chi connectivity index (χ3v) is 3.26. The molecule has 0 aromatic heterocycles. The van der Waals surface area contributed by atoms with Gasteiger partial charge in [-0.15, -0.1) is 0 Å². The van der Waals surface area contributed by atoms with Crippen LogP contribution in [0.2, 0.25) is 0 Å². The minimum Gasteiger partial charge on any atom is -0.384 e. The predicted molar refractivity (Wildman–Crippen MR) is 89.1 cm³/mol. The number of anilines is 2.